The Morgan fingerprint density at radius 3 is 3.00 bits per heavy atom. The Kier molecular flexibility index (Phi) is 1.73. The van der Waals surface area contributed by atoms with Crippen molar-refractivity contribution in [1.29, 1.82) is 0 Å². The van der Waals surface area contributed by atoms with E-state index in [0.717, 1.165) is 11.4 Å². The predicted molar refractivity (Wildman–Crippen MR) is 55.5 cm³/mol. The van der Waals surface area contributed by atoms with Crippen molar-refractivity contribution in [1.82, 2.24) is 0 Å². The average Bonchev–Trinajstić information content (AvgIpc) is 2.40. The molecule has 0 amide bonds. The molecule has 1 heterocycles. The Morgan fingerprint density at radius 2 is 2.25 bits per heavy atom. The minimum atomic E-state index is 0.0138. The molecule has 0 radical (unpaired) electrons. The minimum Gasteiger partial charge on any atom is -0.355 e. The number of thiol groups is 1. The Labute approximate surface area is 77.3 Å². The molecule has 1 aromatic rings. The van der Waals surface area contributed by atoms with Crippen LogP contribution in [-0.4, -0.2) is 5.50 Å². The summed E-state index contributed by atoms with van der Waals surface area (Å²) in [7, 11) is 0. The molecule has 0 bridgehead atoms. The van der Waals surface area contributed by atoms with Gasteiger partial charge in [0.1, 0.15) is 5.50 Å². The van der Waals surface area contributed by atoms with E-state index in [1.165, 1.54) is 0 Å². The molecule has 0 spiro atoms. The summed E-state index contributed by atoms with van der Waals surface area (Å²) < 4.78 is 0. The summed E-state index contributed by atoms with van der Waals surface area (Å²) in [5, 5.41) is 3.22. The van der Waals surface area contributed by atoms with Gasteiger partial charge in [-0.1, -0.05) is 18.7 Å². The zero-order valence-corrected chi connectivity index (χ0v) is 7.46. The van der Waals surface area contributed by atoms with E-state index < -0.39 is 0 Å². The molecule has 0 saturated carbocycles. The second-order valence-electron chi connectivity index (χ2n) is 2.62. The second kappa shape index (κ2) is 2.75. The molecular weight excluding hydrogens is 168 g/mol. The van der Waals surface area contributed by atoms with Gasteiger partial charge < -0.3 is 10.2 Å². The van der Waals surface area contributed by atoms with Gasteiger partial charge in [0.05, 0.1) is 11.4 Å². The van der Waals surface area contributed by atoms with Crippen LogP contribution in [-0.2, 0) is 0 Å². The maximum absolute atomic E-state index is 4.36. The SMILES string of the molecule is C=CN1c2ccccc2NC1S. The molecule has 2 nitrogen and oxygen atoms in total. The first kappa shape index (κ1) is 7.55. The molecule has 1 aliphatic heterocycles. The van der Waals surface area contributed by atoms with Gasteiger partial charge in [-0.2, -0.15) is 0 Å². The maximum atomic E-state index is 4.36. The molecule has 2 rings (SSSR count). The number of para-hydroxylation sites is 2. The third kappa shape index (κ3) is 0.975. The summed E-state index contributed by atoms with van der Waals surface area (Å²) in [6.45, 7) is 3.73. The highest BCUT2D eigenvalue weighted by Crippen LogP contribution is 2.35. The van der Waals surface area contributed by atoms with Crippen LogP contribution in [0.5, 0.6) is 0 Å². The highest BCUT2D eigenvalue weighted by Gasteiger charge is 2.22. The third-order valence-corrected chi connectivity index (χ3v) is 2.30. The lowest BCUT2D eigenvalue weighted by Gasteiger charge is -2.16. The van der Waals surface area contributed by atoms with Crippen LogP contribution in [0.3, 0.4) is 0 Å². The molecule has 0 aliphatic carbocycles. The van der Waals surface area contributed by atoms with E-state index in [2.05, 4.69) is 24.5 Å². The van der Waals surface area contributed by atoms with Gasteiger partial charge in [0, 0.05) is 0 Å². The molecule has 1 atom stereocenters. The molecule has 1 unspecified atom stereocenters. The summed E-state index contributed by atoms with van der Waals surface area (Å²) in [5.74, 6) is 0. The zero-order chi connectivity index (χ0) is 8.55. The van der Waals surface area contributed by atoms with Crippen LogP contribution in [0.4, 0.5) is 11.4 Å². The topological polar surface area (TPSA) is 15.3 Å². The van der Waals surface area contributed by atoms with Gasteiger partial charge in [0.15, 0.2) is 0 Å². The molecular formula is C9H10N2S. The number of anilines is 2. The fraction of sp³-hybridized carbons (Fsp3) is 0.111. The van der Waals surface area contributed by atoms with Crippen molar-refractivity contribution >= 4 is 24.0 Å². The van der Waals surface area contributed by atoms with Crippen LogP contribution in [0.2, 0.25) is 0 Å². The molecule has 1 aliphatic rings. The van der Waals surface area contributed by atoms with E-state index in [4.69, 9.17) is 0 Å². The number of rotatable bonds is 1. The highest BCUT2D eigenvalue weighted by molar-refractivity contribution is 7.81. The van der Waals surface area contributed by atoms with Crippen LogP contribution >= 0.6 is 12.6 Å². The molecule has 12 heavy (non-hydrogen) atoms. The summed E-state index contributed by atoms with van der Waals surface area (Å²) >= 11 is 4.36. The molecule has 1 N–H and O–H groups in total. The Hall–Kier alpha value is -1.09. The molecule has 1 aromatic carbocycles. The Morgan fingerprint density at radius 1 is 1.50 bits per heavy atom. The van der Waals surface area contributed by atoms with Crippen LogP contribution in [0.25, 0.3) is 0 Å². The number of fused-ring (bicyclic) bond motifs is 1. The van der Waals surface area contributed by atoms with Gasteiger partial charge >= 0.3 is 0 Å². The van der Waals surface area contributed by atoms with Gasteiger partial charge in [-0.15, -0.1) is 12.6 Å². The third-order valence-electron chi connectivity index (χ3n) is 1.93. The zero-order valence-electron chi connectivity index (χ0n) is 6.57. The molecule has 0 aromatic heterocycles. The lowest BCUT2D eigenvalue weighted by atomic mass is 10.3. The highest BCUT2D eigenvalue weighted by atomic mass is 32.1. The smallest absolute Gasteiger partial charge is 0.149 e. The minimum absolute atomic E-state index is 0.0138. The fourth-order valence-electron chi connectivity index (χ4n) is 1.36. The number of hydrogen-bond donors (Lipinski definition) is 2. The quantitative estimate of drug-likeness (QED) is 0.641. The van der Waals surface area contributed by atoms with Gasteiger partial charge in [0.2, 0.25) is 0 Å². The van der Waals surface area contributed by atoms with Crippen LogP contribution in [0.15, 0.2) is 37.0 Å². The number of nitrogens with zero attached hydrogens (tertiary/aromatic N) is 1. The van der Waals surface area contributed by atoms with Crippen molar-refractivity contribution in [3.63, 3.8) is 0 Å². The Bertz CT molecular complexity index is 311. The van der Waals surface area contributed by atoms with E-state index in [-0.39, 0.29) is 5.50 Å². The van der Waals surface area contributed by atoms with Crippen molar-refractivity contribution in [2.45, 2.75) is 5.50 Å². The molecule has 62 valence electrons. The van der Waals surface area contributed by atoms with Crippen LogP contribution < -0.4 is 10.2 Å². The van der Waals surface area contributed by atoms with Crippen molar-refractivity contribution in [3.8, 4) is 0 Å². The Balaban J connectivity index is 2.47. The molecule has 0 fully saturated rings. The fourth-order valence-corrected chi connectivity index (χ4v) is 1.72. The first-order valence-electron chi connectivity index (χ1n) is 3.77. The average molecular weight is 178 g/mol. The lowest BCUT2D eigenvalue weighted by molar-refractivity contribution is 1.03. The van der Waals surface area contributed by atoms with Crippen molar-refractivity contribution < 1.29 is 0 Å². The first-order chi connectivity index (χ1) is 5.83. The van der Waals surface area contributed by atoms with Crippen molar-refractivity contribution in [2.24, 2.45) is 0 Å². The number of hydrogen-bond acceptors (Lipinski definition) is 3. The largest absolute Gasteiger partial charge is 0.355 e. The normalized spacial score (nSPS) is 20.1. The van der Waals surface area contributed by atoms with Gasteiger partial charge in [-0.25, -0.2) is 0 Å². The summed E-state index contributed by atoms with van der Waals surface area (Å²) in [6.07, 6.45) is 1.77. The van der Waals surface area contributed by atoms with E-state index >= 15 is 0 Å². The van der Waals surface area contributed by atoms with Gasteiger partial charge in [-0.3, -0.25) is 0 Å². The van der Waals surface area contributed by atoms with E-state index in [1.807, 2.05) is 29.2 Å². The summed E-state index contributed by atoms with van der Waals surface area (Å²) in [6, 6.07) is 8.07. The van der Waals surface area contributed by atoms with E-state index in [1.54, 1.807) is 6.20 Å². The number of benzene rings is 1. The predicted octanol–water partition coefficient (Wildman–Crippen LogP) is 2.28. The van der Waals surface area contributed by atoms with E-state index in [9.17, 15) is 0 Å². The van der Waals surface area contributed by atoms with E-state index in [0.29, 0.717) is 0 Å². The molecule has 0 saturated heterocycles. The van der Waals surface area contributed by atoms with Gasteiger partial charge in [0.25, 0.3) is 0 Å². The standard InChI is InChI=1S/C9H10N2S/c1-2-11-8-6-4-3-5-7(8)10-9(11)12/h2-6,9-10,12H,1H2. The van der Waals surface area contributed by atoms with Crippen LogP contribution in [0, 0.1) is 0 Å². The van der Waals surface area contributed by atoms with Crippen molar-refractivity contribution in [3.05, 3.63) is 37.0 Å². The maximum Gasteiger partial charge on any atom is 0.149 e. The lowest BCUT2D eigenvalue weighted by Crippen LogP contribution is -2.24. The van der Waals surface area contributed by atoms with Crippen molar-refractivity contribution in [2.75, 3.05) is 10.2 Å². The summed E-state index contributed by atoms with van der Waals surface area (Å²) in [5.41, 5.74) is 2.25. The van der Waals surface area contributed by atoms with Gasteiger partial charge in [-0.05, 0) is 18.3 Å². The molecule has 3 heteroatoms. The first-order valence-corrected chi connectivity index (χ1v) is 4.29. The second-order valence-corrected chi connectivity index (χ2v) is 3.11. The monoisotopic (exact) mass is 178 g/mol. The number of nitrogens with one attached hydrogen (secondary N) is 1. The van der Waals surface area contributed by atoms with Crippen LogP contribution in [0.1, 0.15) is 0 Å². The summed E-state index contributed by atoms with van der Waals surface area (Å²) in [4.78, 5) is 1.98.